The summed E-state index contributed by atoms with van der Waals surface area (Å²) in [5, 5.41) is 5.67. The number of hydrogen-bond donors (Lipinski definition) is 2. The molecule has 2 amide bonds. The van der Waals surface area contributed by atoms with Gasteiger partial charge in [-0.1, -0.05) is 49.4 Å². The molecule has 2 N–H and O–H groups in total. The molecule has 0 fully saturated rings. The van der Waals surface area contributed by atoms with E-state index in [4.69, 9.17) is 0 Å². The molecule has 2 aromatic rings. The average Bonchev–Trinajstić information content (AvgIpc) is 2.56. The van der Waals surface area contributed by atoms with Gasteiger partial charge in [0.25, 0.3) is 0 Å². The van der Waals surface area contributed by atoms with Crippen LogP contribution in [0.3, 0.4) is 0 Å². The van der Waals surface area contributed by atoms with Gasteiger partial charge in [-0.05, 0) is 42.5 Å². The van der Waals surface area contributed by atoms with Crippen molar-refractivity contribution >= 4 is 17.5 Å². The molecule has 0 radical (unpaired) electrons. The predicted molar refractivity (Wildman–Crippen MR) is 96.8 cm³/mol. The fourth-order valence-corrected chi connectivity index (χ4v) is 2.60. The Labute approximate surface area is 143 Å². The molecular weight excluding hydrogens is 300 g/mol. The lowest BCUT2D eigenvalue weighted by atomic mass is 10.1. The zero-order valence-corrected chi connectivity index (χ0v) is 14.5. The van der Waals surface area contributed by atoms with Crippen molar-refractivity contribution < 1.29 is 9.59 Å². The smallest absolute Gasteiger partial charge is 0.233 e. The molecule has 0 atom stereocenters. The van der Waals surface area contributed by atoms with Gasteiger partial charge in [0.2, 0.25) is 11.8 Å². The predicted octanol–water partition coefficient (Wildman–Crippen LogP) is 3.51. The van der Waals surface area contributed by atoms with E-state index in [9.17, 15) is 9.59 Å². The van der Waals surface area contributed by atoms with Crippen molar-refractivity contribution in [3.63, 3.8) is 0 Å². The molecule has 0 saturated heterocycles. The van der Waals surface area contributed by atoms with Crippen LogP contribution in [0.5, 0.6) is 0 Å². The first-order chi connectivity index (χ1) is 11.5. The van der Waals surface area contributed by atoms with Crippen LogP contribution in [0, 0.1) is 13.8 Å². The van der Waals surface area contributed by atoms with Crippen molar-refractivity contribution in [2.75, 3.05) is 5.32 Å². The first-order valence-corrected chi connectivity index (χ1v) is 8.20. The van der Waals surface area contributed by atoms with Gasteiger partial charge in [-0.15, -0.1) is 0 Å². The highest BCUT2D eigenvalue weighted by molar-refractivity contribution is 6.04. The molecule has 0 unspecified atom stereocenters. The zero-order valence-electron chi connectivity index (χ0n) is 14.5. The third-order valence-corrected chi connectivity index (χ3v) is 4.06. The lowest BCUT2D eigenvalue weighted by Crippen LogP contribution is -2.28. The maximum atomic E-state index is 12.1. The highest BCUT2D eigenvalue weighted by Gasteiger charge is 2.12. The molecule has 0 aliphatic heterocycles. The van der Waals surface area contributed by atoms with Crippen molar-refractivity contribution in [1.29, 1.82) is 0 Å². The fraction of sp³-hybridized carbons (Fsp3) is 0.300. The second-order valence-corrected chi connectivity index (χ2v) is 5.89. The SMILES string of the molecule is CCc1cccc(C)c1NC(=O)CC(=O)NCc1ccccc1C. The number of amides is 2. The van der Waals surface area contributed by atoms with E-state index in [1.54, 1.807) is 0 Å². The van der Waals surface area contributed by atoms with Gasteiger partial charge >= 0.3 is 0 Å². The van der Waals surface area contributed by atoms with E-state index in [-0.39, 0.29) is 18.2 Å². The molecule has 4 nitrogen and oxygen atoms in total. The van der Waals surface area contributed by atoms with Gasteiger partial charge in [0.1, 0.15) is 6.42 Å². The summed E-state index contributed by atoms with van der Waals surface area (Å²) in [4.78, 5) is 24.1. The first-order valence-electron chi connectivity index (χ1n) is 8.20. The van der Waals surface area contributed by atoms with E-state index in [0.717, 1.165) is 34.4 Å². The van der Waals surface area contributed by atoms with Crippen LogP contribution in [0.25, 0.3) is 0 Å². The highest BCUT2D eigenvalue weighted by atomic mass is 16.2. The van der Waals surface area contributed by atoms with Crippen molar-refractivity contribution in [3.8, 4) is 0 Å². The van der Waals surface area contributed by atoms with Crippen LogP contribution in [0.15, 0.2) is 42.5 Å². The number of anilines is 1. The van der Waals surface area contributed by atoms with Crippen LogP contribution in [-0.4, -0.2) is 11.8 Å². The van der Waals surface area contributed by atoms with Gasteiger partial charge in [-0.2, -0.15) is 0 Å². The second-order valence-electron chi connectivity index (χ2n) is 5.89. The van der Waals surface area contributed by atoms with Gasteiger partial charge < -0.3 is 10.6 Å². The molecule has 0 aliphatic carbocycles. The maximum absolute atomic E-state index is 12.1. The fourth-order valence-electron chi connectivity index (χ4n) is 2.60. The summed E-state index contributed by atoms with van der Waals surface area (Å²) in [6.45, 7) is 6.42. The lowest BCUT2D eigenvalue weighted by Gasteiger charge is -2.13. The van der Waals surface area contributed by atoms with Crippen LogP contribution < -0.4 is 10.6 Å². The van der Waals surface area contributed by atoms with Gasteiger partial charge in [-0.25, -0.2) is 0 Å². The number of carbonyl (C=O) groups is 2. The van der Waals surface area contributed by atoms with E-state index in [0.29, 0.717) is 6.54 Å². The van der Waals surface area contributed by atoms with Crippen LogP contribution in [0.2, 0.25) is 0 Å². The quantitative estimate of drug-likeness (QED) is 0.799. The minimum Gasteiger partial charge on any atom is -0.352 e. The average molecular weight is 324 g/mol. The van der Waals surface area contributed by atoms with Crippen molar-refractivity contribution in [2.24, 2.45) is 0 Å². The molecule has 2 rings (SSSR count). The van der Waals surface area contributed by atoms with Crippen molar-refractivity contribution in [2.45, 2.75) is 40.2 Å². The molecule has 24 heavy (non-hydrogen) atoms. The molecule has 0 saturated carbocycles. The maximum Gasteiger partial charge on any atom is 0.233 e. The van der Waals surface area contributed by atoms with E-state index < -0.39 is 0 Å². The van der Waals surface area contributed by atoms with Gasteiger partial charge in [-0.3, -0.25) is 9.59 Å². The molecule has 0 aliphatic rings. The van der Waals surface area contributed by atoms with Gasteiger partial charge in [0, 0.05) is 12.2 Å². The third-order valence-electron chi connectivity index (χ3n) is 4.06. The topological polar surface area (TPSA) is 58.2 Å². The summed E-state index contributed by atoms with van der Waals surface area (Å²) in [7, 11) is 0. The Kier molecular flexibility index (Phi) is 6.13. The Morgan fingerprint density at radius 1 is 0.875 bits per heavy atom. The standard InChI is InChI=1S/C20H24N2O2/c1-4-16-11-7-9-15(3)20(16)22-19(24)12-18(23)21-13-17-10-6-5-8-14(17)2/h5-11H,4,12-13H2,1-3H3,(H,21,23)(H,22,24). The van der Waals surface area contributed by atoms with Crippen molar-refractivity contribution in [3.05, 3.63) is 64.7 Å². The Morgan fingerprint density at radius 2 is 1.54 bits per heavy atom. The first kappa shape index (κ1) is 17.7. The minimum atomic E-state index is -0.290. The summed E-state index contributed by atoms with van der Waals surface area (Å²) in [5.41, 5.74) is 5.07. The number of rotatable bonds is 6. The van der Waals surface area contributed by atoms with E-state index in [1.807, 2.05) is 63.2 Å². The molecule has 0 spiro atoms. The van der Waals surface area contributed by atoms with Crippen LogP contribution in [0.1, 0.15) is 35.6 Å². The Hall–Kier alpha value is -2.62. The summed E-state index contributed by atoms with van der Waals surface area (Å²) in [6, 6.07) is 13.8. The number of para-hydroxylation sites is 1. The van der Waals surface area contributed by atoms with Crippen LogP contribution in [0.4, 0.5) is 5.69 Å². The van der Waals surface area contributed by atoms with Crippen molar-refractivity contribution in [1.82, 2.24) is 5.32 Å². The van der Waals surface area contributed by atoms with E-state index in [2.05, 4.69) is 10.6 Å². The summed E-state index contributed by atoms with van der Waals surface area (Å²) >= 11 is 0. The van der Waals surface area contributed by atoms with Crippen LogP contribution >= 0.6 is 0 Å². The van der Waals surface area contributed by atoms with E-state index >= 15 is 0 Å². The second kappa shape index (κ2) is 8.29. The monoisotopic (exact) mass is 324 g/mol. The molecule has 0 heterocycles. The van der Waals surface area contributed by atoms with E-state index in [1.165, 1.54) is 0 Å². The van der Waals surface area contributed by atoms with Gasteiger partial charge in [0.15, 0.2) is 0 Å². The molecule has 0 aromatic heterocycles. The number of nitrogens with one attached hydrogen (secondary N) is 2. The highest BCUT2D eigenvalue weighted by Crippen LogP contribution is 2.21. The van der Waals surface area contributed by atoms with Gasteiger partial charge in [0.05, 0.1) is 0 Å². The number of carbonyl (C=O) groups excluding carboxylic acids is 2. The summed E-state index contributed by atoms with van der Waals surface area (Å²) in [5.74, 6) is -0.566. The Bertz CT molecular complexity index is 738. The molecular formula is C20H24N2O2. The summed E-state index contributed by atoms with van der Waals surface area (Å²) < 4.78 is 0. The normalized spacial score (nSPS) is 10.3. The molecule has 126 valence electrons. The molecule has 0 bridgehead atoms. The lowest BCUT2D eigenvalue weighted by molar-refractivity contribution is -0.126. The third kappa shape index (κ3) is 4.69. The Morgan fingerprint density at radius 3 is 2.25 bits per heavy atom. The Balaban J connectivity index is 1.91. The number of benzene rings is 2. The number of aryl methyl sites for hydroxylation is 3. The van der Waals surface area contributed by atoms with Crippen LogP contribution in [-0.2, 0) is 22.6 Å². The molecule has 2 aromatic carbocycles. The minimum absolute atomic E-state index is 0.177. The largest absolute Gasteiger partial charge is 0.352 e. The summed E-state index contributed by atoms with van der Waals surface area (Å²) in [6.07, 6.45) is 0.653. The molecule has 4 heteroatoms. The number of hydrogen-bond acceptors (Lipinski definition) is 2. The zero-order chi connectivity index (χ0) is 17.5.